The molecule has 0 aliphatic carbocycles. The topological polar surface area (TPSA) is 70.2 Å². The molecule has 1 aliphatic heterocycles. The van der Waals surface area contributed by atoms with Gasteiger partial charge in [-0.25, -0.2) is 0 Å². The highest BCUT2D eigenvalue weighted by Gasteiger charge is 2.13. The third kappa shape index (κ3) is 3.73. The third-order valence-corrected chi connectivity index (χ3v) is 4.29. The molecule has 1 aliphatic rings. The number of hydrogen-bond acceptors (Lipinski definition) is 6. The van der Waals surface area contributed by atoms with Crippen molar-refractivity contribution in [3.8, 4) is 0 Å². The Bertz CT molecular complexity index is 610. The van der Waals surface area contributed by atoms with Crippen molar-refractivity contribution < 1.29 is 4.79 Å². The van der Waals surface area contributed by atoms with E-state index in [2.05, 4.69) is 25.7 Å². The van der Waals surface area contributed by atoms with Gasteiger partial charge < -0.3 is 15.5 Å². The Kier molecular flexibility index (Phi) is 4.85. The zero-order valence-electron chi connectivity index (χ0n) is 12.3. The van der Waals surface area contributed by atoms with Crippen LogP contribution in [0.3, 0.4) is 0 Å². The van der Waals surface area contributed by atoms with E-state index in [0.29, 0.717) is 18.7 Å². The number of nitrogens with one attached hydrogen (secondary N) is 2. The number of amides is 1. The molecule has 0 radical (unpaired) electrons. The molecule has 6 nitrogen and oxygen atoms in total. The van der Waals surface area contributed by atoms with E-state index in [4.69, 9.17) is 0 Å². The molecule has 3 rings (SSSR count). The van der Waals surface area contributed by atoms with Crippen LogP contribution in [0.25, 0.3) is 0 Å². The molecule has 0 saturated carbocycles. The van der Waals surface area contributed by atoms with E-state index in [9.17, 15) is 4.79 Å². The minimum absolute atomic E-state index is 0.0417. The number of carbonyl (C=O) groups is 1. The zero-order valence-corrected chi connectivity index (χ0v) is 13.1. The van der Waals surface area contributed by atoms with Gasteiger partial charge in [-0.05, 0) is 24.3 Å². The lowest BCUT2D eigenvalue weighted by molar-refractivity contribution is 0.0955. The van der Waals surface area contributed by atoms with Gasteiger partial charge in [0.2, 0.25) is 0 Å². The Balaban J connectivity index is 1.45. The molecule has 2 N–H and O–H groups in total. The fraction of sp³-hybridized carbons (Fsp3) is 0.400. The predicted octanol–water partition coefficient (Wildman–Crippen LogP) is 1.98. The fourth-order valence-corrected chi connectivity index (χ4v) is 3.09. The van der Waals surface area contributed by atoms with Gasteiger partial charge in [0.15, 0.2) is 5.82 Å². The van der Waals surface area contributed by atoms with Gasteiger partial charge in [0.25, 0.3) is 5.91 Å². The van der Waals surface area contributed by atoms with Crippen LogP contribution in [0.5, 0.6) is 0 Å². The highest BCUT2D eigenvalue weighted by Crippen LogP contribution is 2.20. The maximum Gasteiger partial charge on any atom is 0.252 e. The van der Waals surface area contributed by atoms with Gasteiger partial charge in [-0.1, -0.05) is 0 Å². The van der Waals surface area contributed by atoms with Gasteiger partial charge in [0, 0.05) is 43.2 Å². The zero-order chi connectivity index (χ0) is 15.2. The average Bonchev–Trinajstić information content (AvgIpc) is 3.24. The van der Waals surface area contributed by atoms with Crippen molar-refractivity contribution in [2.24, 2.45) is 0 Å². The summed E-state index contributed by atoms with van der Waals surface area (Å²) < 4.78 is 0. The lowest BCUT2D eigenvalue weighted by atomic mass is 10.3. The molecule has 1 amide bonds. The third-order valence-electron chi connectivity index (χ3n) is 3.61. The fourth-order valence-electron chi connectivity index (χ4n) is 2.45. The number of hydrogen-bond donors (Lipinski definition) is 2. The molecule has 0 atom stereocenters. The predicted molar refractivity (Wildman–Crippen MR) is 88.6 cm³/mol. The minimum Gasteiger partial charge on any atom is -0.370 e. The van der Waals surface area contributed by atoms with Crippen LogP contribution in [0, 0.1) is 0 Å². The first kappa shape index (κ1) is 14.8. The molecule has 0 unspecified atom stereocenters. The van der Waals surface area contributed by atoms with E-state index in [0.717, 1.165) is 24.6 Å². The van der Waals surface area contributed by atoms with Crippen molar-refractivity contribution in [2.45, 2.75) is 12.8 Å². The smallest absolute Gasteiger partial charge is 0.252 e. The first-order valence-corrected chi connectivity index (χ1v) is 8.39. The first-order chi connectivity index (χ1) is 10.8. The molecular formula is C15H19N5OS. The Morgan fingerprint density at radius 2 is 2.18 bits per heavy atom. The summed E-state index contributed by atoms with van der Waals surface area (Å²) in [4.78, 5) is 14.1. The van der Waals surface area contributed by atoms with E-state index in [1.165, 1.54) is 24.2 Å². The van der Waals surface area contributed by atoms with Gasteiger partial charge >= 0.3 is 0 Å². The Hall–Kier alpha value is -2.15. The van der Waals surface area contributed by atoms with Crippen LogP contribution in [0.4, 0.5) is 11.5 Å². The van der Waals surface area contributed by atoms with Crippen LogP contribution < -0.4 is 15.5 Å². The molecule has 2 aromatic rings. The van der Waals surface area contributed by atoms with Crippen LogP contribution in [-0.2, 0) is 0 Å². The van der Waals surface area contributed by atoms with Gasteiger partial charge in [-0.3, -0.25) is 4.79 Å². The van der Waals surface area contributed by atoms with Crippen molar-refractivity contribution in [3.63, 3.8) is 0 Å². The van der Waals surface area contributed by atoms with Crippen LogP contribution in [0.1, 0.15) is 23.2 Å². The Morgan fingerprint density at radius 3 is 2.95 bits per heavy atom. The van der Waals surface area contributed by atoms with Gasteiger partial charge in [0.1, 0.15) is 0 Å². The summed E-state index contributed by atoms with van der Waals surface area (Å²) in [5.41, 5.74) is 1.82. The lowest BCUT2D eigenvalue weighted by Gasteiger charge is -2.17. The van der Waals surface area contributed by atoms with E-state index >= 15 is 0 Å². The van der Waals surface area contributed by atoms with E-state index in [1.807, 2.05) is 22.9 Å². The number of rotatable bonds is 6. The van der Waals surface area contributed by atoms with Gasteiger partial charge in [-0.15, -0.1) is 5.10 Å². The SMILES string of the molecule is O=C(NCCNc1cc(N2CCCC2)cnn1)c1ccsc1. The second-order valence-corrected chi connectivity index (χ2v) is 5.97. The van der Waals surface area contributed by atoms with Crippen LogP contribution in [-0.4, -0.2) is 42.3 Å². The summed E-state index contributed by atoms with van der Waals surface area (Å²) in [5.74, 6) is 0.703. The van der Waals surface area contributed by atoms with Crippen LogP contribution in [0.15, 0.2) is 29.1 Å². The minimum atomic E-state index is -0.0417. The van der Waals surface area contributed by atoms with Crippen molar-refractivity contribution in [1.29, 1.82) is 0 Å². The lowest BCUT2D eigenvalue weighted by Crippen LogP contribution is -2.28. The molecule has 0 aromatic carbocycles. The largest absolute Gasteiger partial charge is 0.370 e. The maximum atomic E-state index is 11.8. The molecule has 1 fully saturated rings. The number of anilines is 2. The maximum absolute atomic E-state index is 11.8. The highest BCUT2D eigenvalue weighted by atomic mass is 32.1. The summed E-state index contributed by atoms with van der Waals surface area (Å²) in [5, 5.41) is 17.9. The number of carbonyl (C=O) groups excluding carboxylic acids is 1. The quantitative estimate of drug-likeness (QED) is 0.797. The molecule has 3 heterocycles. The van der Waals surface area contributed by atoms with Crippen molar-refractivity contribution in [3.05, 3.63) is 34.7 Å². The van der Waals surface area contributed by atoms with Crippen LogP contribution in [0.2, 0.25) is 0 Å². The summed E-state index contributed by atoms with van der Waals surface area (Å²) in [7, 11) is 0. The summed E-state index contributed by atoms with van der Waals surface area (Å²) in [6, 6.07) is 3.83. The second-order valence-electron chi connectivity index (χ2n) is 5.19. The van der Waals surface area contributed by atoms with Gasteiger partial charge in [-0.2, -0.15) is 16.4 Å². The molecule has 2 aromatic heterocycles. The average molecular weight is 317 g/mol. The highest BCUT2D eigenvalue weighted by molar-refractivity contribution is 7.08. The second kappa shape index (κ2) is 7.22. The van der Waals surface area contributed by atoms with E-state index in [-0.39, 0.29) is 5.91 Å². The summed E-state index contributed by atoms with van der Waals surface area (Å²) in [6.45, 7) is 3.34. The Labute approximate surface area is 133 Å². The number of aromatic nitrogens is 2. The van der Waals surface area contributed by atoms with Gasteiger partial charge in [0.05, 0.1) is 11.9 Å². The van der Waals surface area contributed by atoms with E-state index < -0.39 is 0 Å². The van der Waals surface area contributed by atoms with Crippen molar-refractivity contribution in [1.82, 2.24) is 15.5 Å². The summed E-state index contributed by atoms with van der Waals surface area (Å²) >= 11 is 1.52. The standard InChI is InChI=1S/C15H19N5OS/c21-15(12-3-8-22-11-12)17-5-4-16-14-9-13(10-18-19-14)20-6-1-2-7-20/h3,8-11H,1-2,4-7H2,(H,16,19)(H,17,21). The Morgan fingerprint density at radius 1 is 1.32 bits per heavy atom. The number of nitrogens with zero attached hydrogens (tertiary/aromatic N) is 3. The molecule has 7 heteroatoms. The monoisotopic (exact) mass is 317 g/mol. The molecule has 116 valence electrons. The van der Waals surface area contributed by atoms with E-state index in [1.54, 1.807) is 6.20 Å². The molecule has 22 heavy (non-hydrogen) atoms. The molecule has 0 spiro atoms. The molecular weight excluding hydrogens is 298 g/mol. The first-order valence-electron chi connectivity index (χ1n) is 7.45. The molecule has 1 saturated heterocycles. The molecule has 0 bridgehead atoms. The summed E-state index contributed by atoms with van der Waals surface area (Å²) in [6.07, 6.45) is 4.27. The number of thiophene rings is 1. The normalized spacial score (nSPS) is 14.1. The van der Waals surface area contributed by atoms with Crippen molar-refractivity contribution >= 4 is 28.7 Å². The van der Waals surface area contributed by atoms with Crippen LogP contribution >= 0.6 is 11.3 Å². The van der Waals surface area contributed by atoms with Crippen molar-refractivity contribution in [2.75, 3.05) is 36.4 Å².